The van der Waals surface area contributed by atoms with Gasteiger partial charge in [-0.3, -0.25) is 14.4 Å². The van der Waals surface area contributed by atoms with Crippen molar-refractivity contribution < 1.29 is 24.2 Å². The summed E-state index contributed by atoms with van der Waals surface area (Å²) in [7, 11) is 0. The Labute approximate surface area is 228 Å². The Bertz CT molecular complexity index is 856. The standard InChI is InChI=1S/C27H41BrN2O5S/c1-6-10-11-13-29(12-7-2)25(33)23-27-15-18(28)22(36-27)20(26(34)35-14-8-3)21(27)24(32)30(23)19(16-31)17(5)9-4/h7-8,17-23,31H,2-3,6,9-16H2,1,4-5H3/t17-,18?,19-,20+,21-,22+,23?,27?/m0/s1. The Hall–Kier alpha value is -1.32. The van der Waals surface area contributed by atoms with E-state index in [9.17, 15) is 19.5 Å². The molecule has 9 heteroatoms. The third-order valence-electron chi connectivity index (χ3n) is 8.11. The first-order valence-electron chi connectivity index (χ1n) is 13.2. The van der Waals surface area contributed by atoms with E-state index < -0.39 is 34.6 Å². The second kappa shape index (κ2) is 12.5. The van der Waals surface area contributed by atoms with Gasteiger partial charge in [-0.15, -0.1) is 18.3 Å². The van der Waals surface area contributed by atoms with Crippen molar-refractivity contribution in [2.24, 2.45) is 17.8 Å². The largest absolute Gasteiger partial charge is 0.461 e. The molecule has 8 atom stereocenters. The summed E-state index contributed by atoms with van der Waals surface area (Å²) in [6, 6.07) is -1.26. The maximum absolute atomic E-state index is 14.3. The van der Waals surface area contributed by atoms with Crippen LogP contribution in [0.4, 0.5) is 0 Å². The molecule has 7 nitrogen and oxygen atoms in total. The second-order valence-corrected chi connectivity index (χ2v) is 13.0. The molecule has 3 unspecified atom stereocenters. The molecular formula is C27H41BrN2O5S. The molecule has 3 aliphatic rings. The number of nitrogens with zero attached hydrogens (tertiary/aromatic N) is 2. The molecule has 1 N–H and O–H groups in total. The van der Waals surface area contributed by atoms with Crippen LogP contribution in [-0.4, -0.2) is 85.9 Å². The van der Waals surface area contributed by atoms with Crippen molar-refractivity contribution in [1.82, 2.24) is 9.80 Å². The zero-order chi connectivity index (χ0) is 26.6. The maximum atomic E-state index is 14.3. The van der Waals surface area contributed by atoms with Crippen molar-refractivity contribution in [3.8, 4) is 0 Å². The molecule has 3 rings (SSSR count). The van der Waals surface area contributed by atoms with Gasteiger partial charge in [0, 0.05) is 23.2 Å². The highest BCUT2D eigenvalue weighted by Gasteiger charge is 2.76. The lowest BCUT2D eigenvalue weighted by molar-refractivity contribution is -0.153. The number of hydrogen-bond acceptors (Lipinski definition) is 6. The van der Waals surface area contributed by atoms with Crippen LogP contribution in [0.1, 0.15) is 52.9 Å². The molecule has 0 radical (unpaired) electrons. The average molecular weight is 586 g/mol. The fourth-order valence-corrected chi connectivity index (χ4v) is 9.78. The van der Waals surface area contributed by atoms with E-state index in [0.717, 1.165) is 25.7 Å². The first kappa shape index (κ1) is 29.2. The molecule has 202 valence electrons. The number of unbranched alkanes of at least 4 members (excludes halogenated alkanes) is 2. The fourth-order valence-electron chi connectivity index (χ4n) is 6.20. The molecule has 0 aromatic carbocycles. The third-order valence-corrected chi connectivity index (χ3v) is 11.3. The zero-order valence-corrected chi connectivity index (χ0v) is 24.1. The van der Waals surface area contributed by atoms with E-state index in [1.54, 1.807) is 27.6 Å². The Kier molecular flexibility index (Phi) is 10.1. The summed E-state index contributed by atoms with van der Waals surface area (Å²) in [6.07, 6.45) is 7.51. The number of rotatable bonds is 14. The lowest BCUT2D eigenvalue weighted by Crippen LogP contribution is -2.59. The molecule has 2 bridgehead atoms. The number of esters is 1. The van der Waals surface area contributed by atoms with E-state index in [1.165, 1.54) is 6.08 Å². The van der Waals surface area contributed by atoms with Gasteiger partial charge in [0.1, 0.15) is 12.6 Å². The number of halogens is 1. The second-order valence-electron chi connectivity index (χ2n) is 10.2. The van der Waals surface area contributed by atoms with Gasteiger partial charge in [0.2, 0.25) is 11.8 Å². The predicted octanol–water partition coefficient (Wildman–Crippen LogP) is 3.79. The van der Waals surface area contributed by atoms with E-state index in [4.69, 9.17) is 4.74 Å². The van der Waals surface area contributed by atoms with Crippen LogP contribution in [0.5, 0.6) is 0 Å². The number of aliphatic hydroxyl groups excluding tert-OH is 1. The van der Waals surface area contributed by atoms with Gasteiger partial charge < -0.3 is 19.6 Å². The highest BCUT2D eigenvalue weighted by atomic mass is 79.9. The predicted molar refractivity (Wildman–Crippen MR) is 147 cm³/mol. The van der Waals surface area contributed by atoms with Gasteiger partial charge in [0.15, 0.2) is 0 Å². The Morgan fingerprint density at radius 1 is 1.33 bits per heavy atom. The van der Waals surface area contributed by atoms with Crippen molar-refractivity contribution in [2.45, 2.75) is 79.8 Å². The van der Waals surface area contributed by atoms with Gasteiger partial charge in [0.05, 0.1) is 29.2 Å². The summed E-state index contributed by atoms with van der Waals surface area (Å²) >= 11 is 5.36. The molecule has 0 aromatic heterocycles. The summed E-state index contributed by atoms with van der Waals surface area (Å²) in [6.45, 7) is 14.4. The van der Waals surface area contributed by atoms with E-state index in [1.807, 2.05) is 13.8 Å². The van der Waals surface area contributed by atoms with Crippen LogP contribution in [0.25, 0.3) is 0 Å². The number of alkyl halides is 1. The minimum Gasteiger partial charge on any atom is -0.461 e. The van der Waals surface area contributed by atoms with E-state index >= 15 is 0 Å². The fraction of sp³-hybridized carbons (Fsp3) is 0.741. The summed E-state index contributed by atoms with van der Waals surface area (Å²) in [4.78, 5) is 45.2. The van der Waals surface area contributed by atoms with Crippen molar-refractivity contribution in [1.29, 1.82) is 0 Å². The maximum Gasteiger partial charge on any atom is 0.311 e. The number of aliphatic hydroxyl groups is 1. The molecule has 3 fully saturated rings. The van der Waals surface area contributed by atoms with Crippen LogP contribution in [0.15, 0.2) is 25.3 Å². The van der Waals surface area contributed by atoms with Crippen LogP contribution in [0.2, 0.25) is 0 Å². The molecule has 1 spiro atoms. The van der Waals surface area contributed by atoms with Crippen molar-refractivity contribution in [3.63, 3.8) is 0 Å². The topological polar surface area (TPSA) is 87.2 Å². The monoisotopic (exact) mass is 584 g/mol. The Morgan fingerprint density at radius 3 is 2.64 bits per heavy atom. The Morgan fingerprint density at radius 2 is 2.06 bits per heavy atom. The minimum absolute atomic E-state index is 0.00874. The number of carbonyl (C=O) groups excluding carboxylic acids is 3. The van der Waals surface area contributed by atoms with Crippen molar-refractivity contribution >= 4 is 45.5 Å². The number of thioether (sulfide) groups is 1. The highest BCUT2D eigenvalue weighted by Crippen LogP contribution is 2.68. The van der Waals surface area contributed by atoms with Gasteiger partial charge >= 0.3 is 5.97 Å². The molecule has 3 aliphatic heterocycles. The molecule has 0 aromatic rings. The highest BCUT2D eigenvalue weighted by molar-refractivity contribution is 9.09. The molecule has 36 heavy (non-hydrogen) atoms. The number of likely N-dealkylation sites (tertiary alicyclic amines) is 1. The zero-order valence-electron chi connectivity index (χ0n) is 21.7. The number of hydrogen-bond donors (Lipinski definition) is 1. The van der Waals surface area contributed by atoms with Crippen molar-refractivity contribution in [2.75, 3.05) is 26.3 Å². The lowest BCUT2D eigenvalue weighted by Gasteiger charge is -2.41. The average Bonchev–Trinajstić information content (AvgIpc) is 3.45. The summed E-state index contributed by atoms with van der Waals surface area (Å²) in [5, 5.41) is 10.3. The van der Waals surface area contributed by atoms with E-state index in [2.05, 4.69) is 36.0 Å². The Balaban J connectivity index is 2.09. The minimum atomic E-state index is -0.755. The normalized spacial score (nSPS) is 32.2. The molecule has 0 saturated carbocycles. The van der Waals surface area contributed by atoms with Gasteiger partial charge in [0.25, 0.3) is 0 Å². The van der Waals surface area contributed by atoms with Gasteiger partial charge in [-0.1, -0.05) is 74.7 Å². The SMILES string of the molecule is C=CCOC(=O)[C@H]1[C@@H]2SC3(CC2Br)C(C(=O)N(CC=C)CCCCC)N([C@@H](CO)[C@@H](C)CC)C(=O)[C@H]13. The van der Waals surface area contributed by atoms with Gasteiger partial charge in [-0.25, -0.2) is 0 Å². The molecule has 0 aliphatic carbocycles. The first-order valence-corrected chi connectivity index (χ1v) is 15.0. The van der Waals surface area contributed by atoms with Gasteiger partial charge in [-0.2, -0.15) is 0 Å². The smallest absolute Gasteiger partial charge is 0.311 e. The molecular weight excluding hydrogens is 544 g/mol. The number of amides is 2. The number of ether oxygens (including phenoxy) is 1. The van der Waals surface area contributed by atoms with E-state index in [-0.39, 0.29) is 41.0 Å². The van der Waals surface area contributed by atoms with Crippen molar-refractivity contribution in [3.05, 3.63) is 25.3 Å². The quantitative estimate of drug-likeness (QED) is 0.145. The third kappa shape index (κ3) is 5.04. The molecule has 3 heterocycles. The van der Waals surface area contributed by atoms with Crippen LogP contribution in [0.3, 0.4) is 0 Å². The molecule has 2 amide bonds. The van der Waals surface area contributed by atoms with Gasteiger partial charge in [-0.05, 0) is 18.8 Å². The van der Waals surface area contributed by atoms with Crippen LogP contribution >= 0.6 is 27.7 Å². The van der Waals surface area contributed by atoms with E-state index in [0.29, 0.717) is 19.5 Å². The summed E-state index contributed by atoms with van der Waals surface area (Å²) in [5.41, 5.74) is 0. The summed E-state index contributed by atoms with van der Waals surface area (Å²) < 4.78 is 4.69. The molecule has 3 saturated heterocycles. The van der Waals surface area contributed by atoms with Crippen LogP contribution in [0, 0.1) is 17.8 Å². The number of fused-ring (bicyclic) bond motifs is 1. The van der Waals surface area contributed by atoms with Crippen LogP contribution < -0.4 is 0 Å². The van der Waals surface area contributed by atoms with Crippen LogP contribution in [-0.2, 0) is 19.1 Å². The first-order chi connectivity index (χ1) is 17.2. The summed E-state index contributed by atoms with van der Waals surface area (Å²) in [5.74, 6) is -2.06. The number of carbonyl (C=O) groups is 3. The lowest BCUT2D eigenvalue weighted by atomic mass is 9.71.